The Morgan fingerprint density at radius 1 is 1.23 bits per heavy atom. The van der Waals surface area contributed by atoms with Crippen molar-refractivity contribution >= 4 is 0 Å². The van der Waals surface area contributed by atoms with Gasteiger partial charge in [0.2, 0.25) is 0 Å². The smallest absolute Gasteiger partial charge is 0.0717 e. The van der Waals surface area contributed by atoms with Crippen LogP contribution >= 0.6 is 0 Å². The standard InChI is InChI=1S/C11H14O2/c1-2-4-10(5-3-1)6-12-7-11-8-13-9-11/h1-5,11H,6-9H2. The molecule has 0 atom stereocenters. The number of rotatable bonds is 4. The van der Waals surface area contributed by atoms with Crippen LogP contribution in [-0.4, -0.2) is 19.8 Å². The molecule has 0 aromatic heterocycles. The highest BCUT2D eigenvalue weighted by Crippen LogP contribution is 2.11. The van der Waals surface area contributed by atoms with Gasteiger partial charge in [0.05, 0.1) is 26.4 Å². The number of hydrogen-bond acceptors (Lipinski definition) is 2. The van der Waals surface area contributed by atoms with Crippen LogP contribution in [0.2, 0.25) is 0 Å². The molecular weight excluding hydrogens is 164 g/mol. The summed E-state index contributed by atoms with van der Waals surface area (Å²) in [6, 6.07) is 10.2. The van der Waals surface area contributed by atoms with Crippen LogP contribution in [0, 0.1) is 5.92 Å². The fourth-order valence-corrected chi connectivity index (χ4v) is 1.30. The Balaban J connectivity index is 1.67. The number of hydrogen-bond donors (Lipinski definition) is 0. The van der Waals surface area contributed by atoms with Crippen LogP contribution < -0.4 is 0 Å². The molecular formula is C11H14O2. The zero-order valence-corrected chi connectivity index (χ0v) is 7.61. The predicted octanol–water partition coefficient (Wildman–Crippen LogP) is 1.85. The first kappa shape index (κ1) is 8.73. The molecule has 0 amide bonds. The van der Waals surface area contributed by atoms with E-state index in [1.807, 2.05) is 18.2 Å². The second-order valence-corrected chi connectivity index (χ2v) is 3.40. The predicted molar refractivity (Wildman–Crippen MR) is 50.4 cm³/mol. The third-order valence-electron chi connectivity index (χ3n) is 2.17. The van der Waals surface area contributed by atoms with Crippen LogP contribution in [0.5, 0.6) is 0 Å². The van der Waals surface area contributed by atoms with Crippen molar-refractivity contribution < 1.29 is 9.47 Å². The Kier molecular flexibility index (Phi) is 2.95. The van der Waals surface area contributed by atoms with E-state index in [0.29, 0.717) is 5.92 Å². The van der Waals surface area contributed by atoms with Gasteiger partial charge in [-0.3, -0.25) is 0 Å². The first-order valence-corrected chi connectivity index (χ1v) is 4.64. The summed E-state index contributed by atoms with van der Waals surface area (Å²) < 4.78 is 10.6. The quantitative estimate of drug-likeness (QED) is 0.700. The molecule has 0 radical (unpaired) electrons. The van der Waals surface area contributed by atoms with Crippen LogP contribution in [0.4, 0.5) is 0 Å². The van der Waals surface area contributed by atoms with Crippen LogP contribution in [-0.2, 0) is 16.1 Å². The first-order chi connectivity index (χ1) is 6.45. The van der Waals surface area contributed by atoms with Gasteiger partial charge in [-0.05, 0) is 5.56 Å². The molecule has 1 aliphatic heterocycles. The van der Waals surface area contributed by atoms with Gasteiger partial charge in [-0.2, -0.15) is 0 Å². The molecule has 2 heteroatoms. The lowest BCUT2D eigenvalue weighted by Crippen LogP contribution is -2.31. The van der Waals surface area contributed by atoms with E-state index in [1.54, 1.807) is 0 Å². The Bertz CT molecular complexity index is 242. The minimum absolute atomic E-state index is 0.628. The van der Waals surface area contributed by atoms with Crippen LogP contribution in [0.3, 0.4) is 0 Å². The molecule has 70 valence electrons. The molecule has 0 unspecified atom stereocenters. The molecule has 1 aromatic carbocycles. The van der Waals surface area contributed by atoms with Crippen molar-refractivity contribution in [2.45, 2.75) is 6.61 Å². The lowest BCUT2D eigenvalue weighted by atomic mass is 10.1. The van der Waals surface area contributed by atoms with Crippen molar-refractivity contribution in [1.82, 2.24) is 0 Å². The van der Waals surface area contributed by atoms with Crippen molar-refractivity contribution in [2.24, 2.45) is 5.92 Å². The maximum Gasteiger partial charge on any atom is 0.0717 e. The van der Waals surface area contributed by atoms with E-state index in [-0.39, 0.29) is 0 Å². The summed E-state index contributed by atoms with van der Waals surface area (Å²) in [5, 5.41) is 0. The molecule has 0 N–H and O–H groups in total. The lowest BCUT2D eigenvalue weighted by molar-refractivity contribution is -0.0745. The van der Waals surface area contributed by atoms with Gasteiger partial charge in [-0.1, -0.05) is 30.3 Å². The van der Waals surface area contributed by atoms with Gasteiger partial charge in [0, 0.05) is 5.92 Å². The van der Waals surface area contributed by atoms with Crippen molar-refractivity contribution in [3.63, 3.8) is 0 Å². The summed E-state index contributed by atoms with van der Waals surface area (Å²) in [6.07, 6.45) is 0. The van der Waals surface area contributed by atoms with Gasteiger partial charge < -0.3 is 9.47 Å². The van der Waals surface area contributed by atoms with E-state index in [2.05, 4.69) is 12.1 Å². The molecule has 0 saturated carbocycles. The Morgan fingerprint density at radius 3 is 2.62 bits per heavy atom. The molecule has 13 heavy (non-hydrogen) atoms. The third kappa shape index (κ3) is 2.54. The van der Waals surface area contributed by atoms with Gasteiger partial charge in [0.1, 0.15) is 0 Å². The summed E-state index contributed by atoms with van der Waals surface area (Å²) in [7, 11) is 0. The highest BCUT2D eigenvalue weighted by Gasteiger charge is 2.17. The van der Waals surface area contributed by atoms with Crippen molar-refractivity contribution in [3.05, 3.63) is 35.9 Å². The van der Waals surface area contributed by atoms with Gasteiger partial charge in [0.25, 0.3) is 0 Å². The lowest BCUT2D eigenvalue weighted by Gasteiger charge is -2.25. The fourth-order valence-electron chi connectivity index (χ4n) is 1.30. The molecule has 1 fully saturated rings. The zero-order chi connectivity index (χ0) is 8.93. The average Bonchev–Trinajstić information content (AvgIpc) is 2.11. The number of ether oxygens (including phenoxy) is 2. The van der Waals surface area contributed by atoms with E-state index in [0.717, 1.165) is 26.4 Å². The van der Waals surface area contributed by atoms with E-state index in [9.17, 15) is 0 Å². The maximum atomic E-state index is 5.54. The normalized spacial score (nSPS) is 16.9. The molecule has 2 nitrogen and oxygen atoms in total. The molecule has 0 spiro atoms. The molecule has 1 aromatic rings. The summed E-state index contributed by atoms with van der Waals surface area (Å²) in [5.74, 6) is 0.628. The molecule has 1 saturated heterocycles. The van der Waals surface area contributed by atoms with Gasteiger partial charge in [-0.15, -0.1) is 0 Å². The highest BCUT2D eigenvalue weighted by atomic mass is 16.5. The van der Waals surface area contributed by atoms with Crippen LogP contribution in [0.15, 0.2) is 30.3 Å². The SMILES string of the molecule is c1ccc(COCC2COC2)cc1. The molecule has 1 heterocycles. The second-order valence-electron chi connectivity index (χ2n) is 3.40. The molecule has 1 aliphatic rings. The van der Waals surface area contributed by atoms with Crippen molar-refractivity contribution in [1.29, 1.82) is 0 Å². The van der Waals surface area contributed by atoms with Crippen LogP contribution in [0.25, 0.3) is 0 Å². The summed E-state index contributed by atoms with van der Waals surface area (Å²) in [5.41, 5.74) is 1.24. The Labute approximate surface area is 78.5 Å². The van der Waals surface area contributed by atoms with Gasteiger partial charge in [0.15, 0.2) is 0 Å². The van der Waals surface area contributed by atoms with E-state index in [1.165, 1.54) is 5.56 Å². The van der Waals surface area contributed by atoms with Crippen LogP contribution in [0.1, 0.15) is 5.56 Å². The second kappa shape index (κ2) is 4.40. The molecule has 0 bridgehead atoms. The minimum Gasteiger partial charge on any atom is -0.381 e. The third-order valence-corrected chi connectivity index (χ3v) is 2.17. The largest absolute Gasteiger partial charge is 0.381 e. The zero-order valence-electron chi connectivity index (χ0n) is 7.61. The number of benzene rings is 1. The van der Waals surface area contributed by atoms with Gasteiger partial charge >= 0.3 is 0 Å². The van der Waals surface area contributed by atoms with Crippen molar-refractivity contribution in [3.8, 4) is 0 Å². The summed E-state index contributed by atoms with van der Waals surface area (Å²) >= 11 is 0. The molecule has 2 rings (SSSR count). The summed E-state index contributed by atoms with van der Waals surface area (Å²) in [6.45, 7) is 3.29. The molecule has 0 aliphatic carbocycles. The van der Waals surface area contributed by atoms with E-state index in [4.69, 9.17) is 9.47 Å². The Hall–Kier alpha value is -0.860. The Morgan fingerprint density at radius 2 is 2.00 bits per heavy atom. The fraction of sp³-hybridized carbons (Fsp3) is 0.455. The minimum atomic E-state index is 0.628. The monoisotopic (exact) mass is 178 g/mol. The van der Waals surface area contributed by atoms with E-state index >= 15 is 0 Å². The van der Waals surface area contributed by atoms with E-state index < -0.39 is 0 Å². The van der Waals surface area contributed by atoms with Gasteiger partial charge in [-0.25, -0.2) is 0 Å². The maximum absolute atomic E-state index is 5.54. The first-order valence-electron chi connectivity index (χ1n) is 4.64. The highest BCUT2D eigenvalue weighted by molar-refractivity contribution is 5.13. The topological polar surface area (TPSA) is 18.5 Å². The average molecular weight is 178 g/mol. The van der Waals surface area contributed by atoms with Crippen molar-refractivity contribution in [2.75, 3.05) is 19.8 Å². The summed E-state index contributed by atoms with van der Waals surface area (Å²) in [4.78, 5) is 0.